The molecule has 24 heavy (non-hydrogen) atoms. The van der Waals surface area contributed by atoms with Crippen LogP contribution in [-0.2, 0) is 12.8 Å². The number of rotatable bonds is 7. The van der Waals surface area contributed by atoms with Gasteiger partial charge in [-0.2, -0.15) is 0 Å². The summed E-state index contributed by atoms with van der Waals surface area (Å²) < 4.78 is 0. The minimum Gasteiger partial charge on any atom is -0.288 e. The van der Waals surface area contributed by atoms with Crippen molar-refractivity contribution in [3.05, 3.63) is 85.7 Å². The Kier molecular flexibility index (Phi) is 5.78. The normalized spacial score (nSPS) is 11.2. The van der Waals surface area contributed by atoms with E-state index in [1.807, 2.05) is 18.2 Å². The van der Waals surface area contributed by atoms with Crippen molar-refractivity contribution in [1.29, 1.82) is 0 Å². The van der Waals surface area contributed by atoms with Gasteiger partial charge in [0.15, 0.2) is 5.78 Å². The minimum atomic E-state index is 0.0976. The number of benzene rings is 1. The van der Waals surface area contributed by atoms with Gasteiger partial charge in [0.1, 0.15) is 0 Å². The molecule has 3 rings (SSSR count). The molecule has 2 aromatic heterocycles. The molecule has 0 unspecified atom stereocenters. The highest BCUT2D eigenvalue weighted by atomic mass is 32.1. The van der Waals surface area contributed by atoms with Gasteiger partial charge in [0.05, 0.1) is 4.88 Å². The first kappa shape index (κ1) is 16.9. The van der Waals surface area contributed by atoms with Gasteiger partial charge in [-0.05, 0) is 48.4 Å². The van der Waals surface area contributed by atoms with Gasteiger partial charge in [-0.15, -0.1) is 22.7 Å². The van der Waals surface area contributed by atoms with Crippen LogP contribution in [0.5, 0.6) is 0 Å². The van der Waals surface area contributed by atoms with Crippen LogP contribution in [0.2, 0.25) is 0 Å². The molecule has 0 aliphatic carbocycles. The third kappa shape index (κ3) is 4.53. The first-order chi connectivity index (χ1) is 11.7. The maximum Gasteiger partial charge on any atom is 0.195 e. The first-order valence-corrected chi connectivity index (χ1v) is 9.81. The molecule has 0 N–H and O–H groups in total. The zero-order chi connectivity index (χ0) is 16.8. The zero-order valence-electron chi connectivity index (χ0n) is 13.7. The molecule has 0 bridgehead atoms. The molecular formula is C21H20OS2. The summed E-state index contributed by atoms with van der Waals surface area (Å²) >= 11 is 3.35. The van der Waals surface area contributed by atoms with Crippen LogP contribution in [0.3, 0.4) is 0 Å². The lowest BCUT2D eigenvalue weighted by atomic mass is 10.1. The number of ketones is 1. The van der Waals surface area contributed by atoms with E-state index in [4.69, 9.17) is 0 Å². The summed E-state index contributed by atoms with van der Waals surface area (Å²) in [5, 5.41) is 0. The lowest BCUT2D eigenvalue weighted by Gasteiger charge is -1.96. The number of carbonyl (C=O) groups excluding carboxylic acids is 1. The topological polar surface area (TPSA) is 17.1 Å². The predicted octanol–water partition coefficient (Wildman–Crippen LogP) is 6.25. The SMILES string of the molecule is CCCc1ccc(C(=O)/C=C/c2ccc(Cc3ccccc3)s2)s1. The highest BCUT2D eigenvalue weighted by Crippen LogP contribution is 2.23. The van der Waals surface area contributed by atoms with E-state index in [2.05, 4.69) is 49.4 Å². The Balaban J connectivity index is 1.63. The number of thiophene rings is 2. The van der Waals surface area contributed by atoms with Crippen molar-refractivity contribution in [2.45, 2.75) is 26.2 Å². The molecule has 0 aliphatic rings. The van der Waals surface area contributed by atoms with Crippen molar-refractivity contribution in [1.82, 2.24) is 0 Å². The molecule has 3 heteroatoms. The van der Waals surface area contributed by atoms with E-state index in [-0.39, 0.29) is 5.78 Å². The monoisotopic (exact) mass is 352 g/mol. The van der Waals surface area contributed by atoms with E-state index in [0.717, 1.165) is 29.0 Å². The second kappa shape index (κ2) is 8.22. The van der Waals surface area contributed by atoms with Crippen molar-refractivity contribution in [3.63, 3.8) is 0 Å². The Hall–Kier alpha value is -1.97. The van der Waals surface area contributed by atoms with E-state index in [0.29, 0.717) is 0 Å². The fourth-order valence-electron chi connectivity index (χ4n) is 2.51. The summed E-state index contributed by atoms with van der Waals surface area (Å²) in [6.07, 6.45) is 6.73. The Bertz CT molecular complexity index is 824. The van der Waals surface area contributed by atoms with Crippen LogP contribution < -0.4 is 0 Å². The maximum absolute atomic E-state index is 12.3. The van der Waals surface area contributed by atoms with Crippen molar-refractivity contribution < 1.29 is 4.79 Å². The lowest BCUT2D eigenvalue weighted by Crippen LogP contribution is -1.88. The van der Waals surface area contributed by atoms with Gasteiger partial charge in [-0.1, -0.05) is 43.7 Å². The van der Waals surface area contributed by atoms with Gasteiger partial charge in [-0.25, -0.2) is 0 Å². The number of hydrogen-bond acceptors (Lipinski definition) is 3. The predicted molar refractivity (Wildman–Crippen MR) is 105 cm³/mol. The first-order valence-electron chi connectivity index (χ1n) is 8.18. The van der Waals surface area contributed by atoms with Crippen LogP contribution >= 0.6 is 22.7 Å². The molecular weight excluding hydrogens is 332 g/mol. The van der Waals surface area contributed by atoms with E-state index < -0.39 is 0 Å². The van der Waals surface area contributed by atoms with Gasteiger partial charge in [0, 0.05) is 21.1 Å². The number of hydrogen-bond donors (Lipinski definition) is 0. The second-order valence-electron chi connectivity index (χ2n) is 5.68. The molecule has 3 aromatic rings. The Morgan fingerprint density at radius 3 is 2.54 bits per heavy atom. The van der Waals surface area contributed by atoms with E-state index in [9.17, 15) is 4.79 Å². The van der Waals surface area contributed by atoms with Gasteiger partial charge in [0.25, 0.3) is 0 Å². The Labute approximate surface area is 151 Å². The van der Waals surface area contributed by atoms with Crippen molar-refractivity contribution in [2.24, 2.45) is 0 Å². The number of carbonyl (C=O) groups is 1. The molecule has 0 aliphatic heterocycles. The van der Waals surface area contributed by atoms with Crippen LogP contribution in [0.25, 0.3) is 6.08 Å². The highest BCUT2D eigenvalue weighted by Gasteiger charge is 2.06. The number of aryl methyl sites for hydroxylation is 1. The van der Waals surface area contributed by atoms with Crippen LogP contribution in [0.15, 0.2) is 60.7 Å². The largest absolute Gasteiger partial charge is 0.288 e. The molecule has 122 valence electrons. The summed E-state index contributed by atoms with van der Waals surface area (Å²) in [6, 6.07) is 18.7. The average molecular weight is 353 g/mol. The van der Waals surface area contributed by atoms with Gasteiger partial charge in [-0.3, -0.25) is 4.79 Å². The molecule has 2 heterocycles. The third-order valence-electron chi connectivity index (χ3n) is 3.70. The van der Waals surface area contributed by atoms with Gasteiger partial charge in [0.2, 0.25) is 0 Å². The Morgan fingerprint density at radius 1 is 0.958 bits per heavy atom. The summed E-state index contributed by atoms with van der Waals surface area (Å²) in [7, 11) is 0. The summed E-state index contributed by atoms with van der Waals surface area (Å²) in [4.78, 5) is 16.8. The number of allylic oxidation sites excluding steroid dienone is 1. The van der Waals surface area contributed by atoms with Gasteiger partial charge < -0.3 is 0 Å². The smallest absolute Gasteiger partial charge is 0.195 e. The zero-order valence-corrected chi connectivity index (χ0v) is 15.3. The van der Waals surface area contributed by atoms with Gasteiger partial charge >= 0.3 is 0 Å². The van der Waals surface area contributed by atoms with Crippen LogP contribution in [0.4, 0.5) is 0 Å². The fraction of sp³-hybridized carbons (Fsp3) is 0.190. The average Bonchev–Trinajstić information content (AvgIpc) is 3.24. The fourth-order valence-corrected chi connectivity index (χ4v) is 4.49. The van der Waals surface area contributed by atoms with E-state index in [1.54, 1.807) is 28.7 Å². The summed E-state index contributed by atoms with van der Waals surface area (Å²) in [5.74, 6) is 0.0976. The molecule has 0 spiro atoms. The molecule has 1 aromatic carbocycles. The quantitative estimate of drug-likeness (QED) is 0.363. The second-order valence-corrected chi connectivity index (χ2v) is 8.05. The lowest BCUT2D eigenvalue weighted by molar-refractivity contribution is 0.105. The molecule has 0 saturated carbocycles. The molecule has 1 nitrogen and oxygen atoms in total. The highest BCUT2D eigenvalue weighted by molar-refractivity contribution is 7.14. The molecule has 0 amide bonds. The van der Waals surface area contributed by atoms with E-state index in [1.165, 1.54) is 15.3 Å². The maximum atomic E-state index is 12.3. The Morgan fingerprint density at radius 2 is 1.75 bits per heavy atom. The summed E-state index contributed by atoms with van der Waals surface area (Å²) in [5.41, 5.74) is 1.31. The molecule has 0 fully saturated rings. The van der Waals surface area contributed by atoms with Crippen molar-refractivity contribution in [3.8, 4) is 0 Å². The molecule has 0 radical (unpaired) electrons. The van der Waals surface area contributed by atoms with Crippen molar-refractivity contribution in [2.75, 3.05) is 0 Å². The van der Waals surface area contributed by atoms with Crippen LogP contribution in [-0.4, -0.2) is 5.78 Å². The van der Waals surface area contributed by atoms with Crippen LogP contribution in [0, 0.1) is 0 Å². The third-order valence-corrected chi connectivity index (χ3v) is 5.91. The molecule has 0 saturated heterocycles. The van der Waals surface area contributed by atoms with Crippen LogP contribution in [0.1, 0.15) is 43.2 Å². The van der Waals surface area contributed by atoms with Crippen molar-refractivity contribution >= 4 is 34.5 Å². The molecule has 0 atom stereocenters. The minimum absolute atomic E-state index is 0.0976. The summed E-state index contributed by atoms with van der Waals surface area (Å²) in [6.45, 7) is 2.16. The van der Waals surface area contributed by atoms with E-state index >= 15 is 0 Å². The standard InChI is InChI=1S/C21H20OS2/c1-2-6-17-12-14-21(24-17)20(22)13-11-18-9-10-19(23-18)15-16-7-4-3-5-8-16/h3-5,7-14H,2,6,15H2,1H3/b13-11+.